The summed E-state index contributed by atoms with van der Waals surface area (Å²) in [6, 6.07) is -1.51. The SMILES string of the molecule is CCCCCCCCCCCCCCCCCCCC(=O)OC[C@@H](COP(=O)(O)OC[C@@H](N)C(=O)O)OC(=O)CCCCCCCCCCC. The molecule has 4 N–H and O–H groups in total. The number of carboxylic acid groups (broad SMARTS) is 1. The third kappa shape index (κ3) is 33.6. The number of phosphoric acid groups is 1. The molecule has 0 rings (SSSR count). The van der Waals surface area contributed by atoms with Gasteiger partial charge in [0.05, 0.1) is 13.2 Å². The van der Waals surface area contributed by atoms with Gasteiger partial charge < -0.3 is 25.2 Å². The molecule has 0 bridgehead atoms. The van der Waals surface area contributed by atoms with Gasteiger partial charge in [-0.15, -0.1) is 0 Å². The minimum atomic E-state index is -4.70. The Morgan fingerprint density at radius 3 is 1.26 bits per heavy atom. The molecule has 0 aromatic carbocycles. The Morgan fingerprint density at radius 2 is 0.880 bits per heavy atom. The van der Waals surface area contributed by atoms with E-state index in [0.29, 0.717) is 12.8 Å². The van der Waals surface area contributed by atoms with Gasteiger partial charge in [0.1, 0.15) is 12.6 Å². The largest absolute Gasteiger partial charge is 0.480 e. The lowest BCUT2D eigenvalue weighted by Crippen LogP contribution is -2.34. The molecule has 12 heteroatoms. The lowest BCUT2D eigenvalue weighted by Gasteiger charge is -2.20. The topological polar surface area (TPSA) is 172 Å². The van der Waals surface area contributed by atoms with Crippen molar-refractivity contribution in [2.45, 2.75) is 206 Å². The van der Waals surface area contributed by atoms with Crippen LogP contribution in [0.4, 0.5) is 0 Å². The van der Waals surface area contributed by atoms with Crippen molar-refractivity contribution in [2.24, 2.45) is 5.73 Å². The fourth-order valence-electron chi connectivity index (χ4n) is 5.65. The summed E-state index contributed by atoms with van der Waals surface area (Å²) in [6.07, 6.45) is 30.4. The maximum absolute atomic E-state index is 12.5. The van der Waals surface area contributed by atoms with Crippen LogP contribution in [0.3, 0.4) is 0 Å². The molecule has 11 nitrogen and oxygen atoms in total. The van der Waals surface area contributed by atoms with Crippen molar-refractivity contribution in [3.05, 3.63) is 0 Å². The summed E-state index contributed by atoms with van der Waals surface area (Å²) >= 11 is 0. The quantitative estimate of drug-likeness (QED) is 0.0313. The van der Waals surface area contributed by atoms with Crippen molar-refractivity contribution < 1.29 is 47.5 Å². The summed E-state index contributed by atoms with van der Waals surface area (Å²) in [5, 5.41) is 8.85. The van der Waals surface area contributed by atoms with Crippen LogP contribution in [0.1, 0.15) is 194 Å². The molecule has 0 amide bonds. The molecule has 0 saturated carbocycles. The minimum absolute atomic E-state index is 0.167. The first-order valence-corrected chi connectivity index (χ1v) is 21.6. The summed E-state index contributed by atoms with van der Waals surface area (Å²) in [6.45, 7) is 2.78. The molecule has 0 saturated heterocycles. The monoisotopic (exact) mass is 736 g/mol. The second-order valence-electron chi connectivity index (χ2n) is 13.8. The van der Waals surface area contributed by atoms with Gasteiger partial charge in [0.25, 0.3) is 0 Å². The van der Waals surface area contributed by atoms with E-state index in [1.54, 1.807) is 0 Å². The number of rotatable bonds is 38. The van der Waals surface area contributed by atoms with Gasteiger partial charge in [-0.2, -0.15) is 0 Å². The molecular weight excluding hydrogens is 661 g/mol. The van der Waals surface area contributed by atoms with Crippen molar-refractivity contribution in [3.63, 3.8) is 0 Å². The van der Waals surface area contributed by atoms with Crippen molar-refractivity contribution in [1.82, 2.24) is 0 Å². The van der Waals surface area contributed by atoms with E-state index in [1.807, 2.05) is 0 Å². The van der Waals surface area contributed by atoms with Crippen LogP contribution < -0.4 is 5.73 Å². The van der Waals surface area contributed by atoms with Gasteiger partial charge in [-0.1, -0.05) is 168 Å². The van der Waals surface area contributed by atoms with E-state index >= 15 is 0 Å². The number of carbonyl (C=O) groups is 3. The van der Waals surface area contributed by atoms with Crippen LogP contribution in [0, 0.1) is 0 Å². The molecule has 0 aliphatic carbocycles. The maximum atomic E-state index is 12.5. The van der Waals surface area contributed by atoms with E-state index in [-0.39, 0.29) is 19.4 Å². The first-order chi connectivity index (χ1) is 24.1. The molecule has 3 atom stereocenters. The molecule has 1 unspecified atom stereocenters. The number of unbranched alkanes of at least 4 members (excludes halogenated alkanes) is 24. The molecule has 0 aliphatic heterocycles. The van der Waals surface area contributed by atoms with Crippen molar-refractivity contribution in [1.29, 1.82) is 0 Å². The highest BCUT2D eigenvalue weighted by molar-refractivity contribution is 7.47. The first-order valence-electron chi connectivity index (χ1n) is 20.1. The smallest absolute Gasteiger partial charge is 0.472 e. The van der Waals surface area contributed by atoms with Crippen molar-refractivity contribution in [3.8, 4) is 0 Å². The highest BCUT2D eigenvalue weighted by Gasteiger charge is 2.28. The highest BCUT2D eigenvalue weighted by atomic mass is 31.2. The molecule has 0 aromatic rings. The Labute approximate surface area is 304 Å². The predicted molar refractivity (Wildman–Crippen MR) is 199 cm³/mol. The molecule has 0 aliphatic rings. The van der Waals surface area contributed by atoms with Crippen LogP contribution in [0.25, 0.3) is 0 Å². The van der Waals surface area contributed by atoms with Crippen LogP contribution >= 0.6 is 7.82 Å². The van der Waals surface area contributed by atoms with Crippen LogP contribution in [-0.4, -0.2) is 59.9 Å². The number of hydrogen-bond acceptors (Lipinski definition) is 9. The van der Waals surface area contributed by atoms with Crippen LogP contribution in [0.5, 0.6) is 0 Å². The molecule has 0 spiro atoms. The third-order valence-corrected chi connectivity index (χ3v) is 9.81. The molecule has 0 heterocycles. The molecule has 0 aromatic heterocycles. The van der Waals surface area contributed by atoms with Gasteiger partial charge in [-0.3, -0.25) is 23.4 Å². The molecule has 0 radical (unpaired) electrons. The van der Waals surface area contributed by atoms with Gasteiger partial charge >= 0.3 is 25.7 Å². The van der Waals surface area contributed by atoms with E-state index < -0.39 is 51.1 Å². The summed E-state index contributed by atoms with van der Waals surface area (Å²) in [5.74, 6) is -2.37. The molecule has 0 fully saturated rings. The van der Waals surface area contributed by atoms with Crippen LogP contribution in [0.15, 0.2) is 0 Å². The number of hydrogen-bond donors (Lipinski definition) is 3. The zero-order valence-corrected chi connectivity index (χ0v) is 32.7. The molecule has 50 heavy (non-hydrogen) atoms. The van der Waals surface area contributed by atoms with Gasteiger partial charge in [-0.05, 0) is 12.8 Å². The number of ether oxygens (including phenoxy) is 2. The van der Waals surface area contributed by atoms with E-state index in [1.165, 1.54) is 116 Å². The number of aliphatic carboxylic acids is 1. The first kappa shape index (κ1) is 48.5. The third-order valence-electron chi connectivity index (χ3n) is 8.86. The van der Waals surface area contributed by atoms with Gasteiger partial charge in [0.2, 0.25) is 0 Å². The number of carbonyl (C=O) groups excluding carboxylic acids is 2. The maximum Gasteiger partial charge on any atom is 0.472 e. The number of phosphoric ester groups is 1. The number of esters is 2. The summed E-state index contributed by atoms with van der Waals surface area (Å²) in [5.41, 5.74) is 5.31. The van der Waals surface area contributed by atoms with E-state index in [4.69, 9.17) is 24.8 Å². The second-order valence-corrected chi connectivity index (χ2v) is 15.2. The fraction of sp³-hybridized carbons (Fsp3) is 0.921. The Morgan fingerprint density at radius 1 is 0.540 bits per heavy atom. The normalized spacial score (nSPS) is 13.8. The Bertz CT molecular complexity index is 875. The Balaban J connectivity index is 4.29. The predicted octanol–water partition coefficient (Wildman–Crippen LogP) is 9.95. The Hall–Kier alpha value is -1.52. The highest BCUT2D eigenvalue weighted by Crippen LogP contribution is 2.43. The molecule has 296 valence electrons. The lowest BCUT2D eigenvalue weighted by atomic mass is 10.0. The standard InChI is InChI=1S/C38H74NO10P/c1-3-5-7-9-11-13-14-15-16-17-18-19-20-22-23-25-27-29-36(40)46-31-34(32-47-50(44,45)48-33-35(39)38(42)43)49-37(41)30-28-26-24-21-12-10-8-6-4-2/h34-35H,3-33,39H2,1-2H3,(H,42,43)(H,44,45)/t34-,35+/m0/s1. The molecular formula is C38H74NO10P. The fourth-order valence-corrected chi connectivity index (χ4v) is 6.43. The minimum Gasteiger partial charge on any atom is -0.480 e. The second kappa shape index (κ2) is 34.6. The number of nitrogens with two attached hydrogens (primary N) is 1. The van der Waals surface area contributed by atoms with Gasteiger partial charge in [-0.25, -0.2) is 4.57 Å². The average Bonchev–Trinajstić information content (AvgIpc) is 3.09. The summed E-state index contributed by atoms with van der Waals surface area (Å²) in [4.78, 5) is 45.7. The summed E-state index contributed by atoms with van der Waals surface area (Å²) in [7, 11) is -4.70. The van der Waals surface area contributed by atoms with Crippen molar-refractivity contribution >= 4 is 25.7 Å². The van der Waals surface area contributed by atoms with E-state index in [0.717, 1.165) is 38.5 Å². The lowest BCUT2D eigenvalue weighted by molar-refractivity contribution is -0.161. The average molecular weight is 736 g/mol. The van der Waals surface area contributed by atoms with Gasteiger partial charge in [0.15, 0.2) is 6.10 Å². The van der Waals surface area contributed by atoms with Crippen LogP contribution in [0.2, 0.25) is 0 Å². The van der Waals surface area contributed by atoms with E-state index in [9.17, 15) is 23.8 Å². The van der Waals surface area contributed by atoms with Gasteiger partial charge in [0, 0.05) is 12.8 Å². The zero-order chi connectivity index (χ0) is 37.1. The summed E-state index contributed by atoms with van der Waals surface area (Å²) < 4.78 is 32.5. The zero-order valence-electron chi connectivity index (χ0n) is 31.8. The van der Waals surface area contributed by atoms with Crippen molar-refractivity contribution in [2.75, 3.05) is 19.8 Å². The number of carboxylic acids is 1. The van der Waals surface area contributed by atoms with E-state index in [2.05, 4.69) is 18.4 Å². The Kier molecular flexibility index (Phi) is 33.5. The van der Waals surface area contributed by atoms with Crippen LogP contribution in [-0.2, 0) is 37.5 Å².